The molecule has 0 saturated carbocycles. The van der Waals surface area contributed by atoms with Gasteiger partial charge in [0, 0.05) is 39.1 Å². The first kappa shape index (κ1) is 16.7. The van der Waals surface area contributed by atoms with Crippen LogP contribution in [0.15, 0.2) is 0 Å². The number of carbonyl (C=O) groups is 1. The second kappa shape index (κ2) is 9.38. The van der Waals surface area contributed by atoms with E-state index in [9.17, 15) is 4.79 Å². The second-order valence-electron chi connectivity index (χ2n) is 6.60. The molecule has 0 spiro atoms. The molecule has 5 nitrogen and oxygen atoms in total. The third-order valence-electron chi connectivity index (χ3n) is 4.75. The lowest BCUT2D eigenvalue weighted by atomic mass is 9.94. The molecule has 0 radical (unpaired) electrons. The maximum Gasteiger partial charge on any atom is 0.220 e. The fraction of sp³-hybridized carbons (Fsp3) is 0.938. The van der Waals surface area contributed by atoms with Crippen molar-refractivity contribution in [3.8, 4) is 0 Å². The molecule has 2 aliphatic rings. The molecule has 122 valence electrons. The Kier molecular flexibility index (Phi) is 7.47. The van der Waals surface area contributed by atoms with Gasteiger partial charge in [0.1, 0.15) is 0 Å². The molecule has 2 aliphatic heterocycles. The summed E-state index contributed by atoms with van der Waals surface area (Å²) >= 11 is 0. The van der Waals surface area contributed by atoms with Gasteiger partial charge < -0.3 is 20.4 Å². The van der Waals surface area contributed by atoms with Crippen LogP contribution < -0.4 is 10.6 Å². The molecular weight excluding hydrogens is 264 g/mol. The average molecular weight is 296 g/mol. The number of likely N-dealkylation sites (N-methyl/N-ethyl adjacent to an activating group) is 1. The van der Waals surface area contributed by atoms with Crippen LogP contribution in [0.2, 0.25) is 0 Å². The highest BCUT2D eigenvalue weighted by molar-refractivity contribution is 5.75. The lowest BCUT2D eigenvalue weighted by Crippen LogP contribution is -2.45. The van der Waals surface area contributed by atoms with E-state index in [1.54, 1.807) is 0 Å². The molecule has 0 aromatic heterocycles. The zero-order valence-electron chi connectivity index (χ0n) is 13.6. The predicted molar refractivity (Wildman–Crippen MR) is 86.4 cm³/mol. The molecule has 1 unspecified atom stereocenters. The minimum Gasteiger partial charge on any atom is -0.356 e. The van der Waals surface area contributed by atoms with Crippen molar-refractivity contribution in [2.45, 2.75) is 32.1 Å². The number of carbonyl (C=O) groups excluding carboxylic acids is 1. The molecule has 5 heteroatoms. The summed E-state index contributed by atoms with van der Waals surface area (Å²) in [5.74, 6) is 0.939. The van der Waals surface area contributed by atoms with Crippen molar-refractivity contribution in [3.05, 3.63) is 0 Å². The van der Waals surface area contributed by atoms with Gasteiger partial charge >= 0.3 is 0 Å². The van der Waals surface area contributed by atoms with Crippen LogP contribution in [-0.4, -0.2) is 75.1 Å². The molecule has 2 saturated heterocycles. The number of hydrogen-bond donors (Lipinski definition) is 2. The standard InChI is InChI=1S/C16H32N4O/c1-19-10-12-20(13-11-19)9-3-8-18-16(21)6-5-15-4-2-7-17-14-15/h15,17H,2-14H2,1H3,(H,18,21). The summed E-state index contributed by atoms with van der Waals surface area (Å²) < 4.78 is 0. The van der Waals surface area contributed by atoms with Crippen LogP contribution in [0.3, 0.4) is 0 Å². The highest BCUT2D eigenvalue weighted by atomic mass is 16.1. The molecule has 0 aliphatic carbocycles. The third-order valence-corrected chi connectivity index (χ3v) is 4.75. The van der Waals surface area contributed by atoms with Crippen molar-refractivity contribution < 1.29 is 4.79 Å². The van der Waals surface area contributed by atoms with E-state index in [2.05, 4.69) is 27.5 Å². The summed E-state index contributed by atoms with van der Waals surface area (Å²) in [4.78, 5) is 16.7. The van der Waals surface area contributed by atoms with E-state index in [1.165, 1.54) is 39.0 Å². The Labute approximate surface area is 129 Å². The Morgan fingerprint density at radius 2 is 2.10 bits per heavy atom. The van der Waals surface area contributed by atoms with Crippen LogP contribution in [0.4, 0.5) is 0 Å². The third kappa shape index (κ3) is 6.76. The van der Waals surface area contributed by atoms with E-state index in [4.69, 9.17) is 0 Å². The number of nitrogens with zero attached hydrogens (tertiary/aromatic N) is 2. The minimum absolute atomic E-state index is 0.235. The fourth-order valence-electron chi connectivity index (χ4n) is 3.20. The van der Waals surface area contributed by atoms with Gasteiger partial charge in [0.05, 0.1) is 0 Å². The number of piperidine rings is 1. The van der Waals surface area contributed by atoms with Crippen LogP contribution in [0.5, 0.6) is 0 Å². The Bertz CT molecular complexity index is 297. The molecule has 0 bridgehead atoms. The number of amides is 1. The van der Waals surface area contributed by atoms with Gasteiger partial charge in [-0.05, 0) is 58.3 Å². The van der Waals surface area contributed by atoms with Gasteiger partial charge in [0.15, 0.2) is 0 Å². The molecule has 0 aromatic rings. The van der Waals surface area contributed by atoms with E-state index in [0.717, 1.165) is 39.0 Å². The minimum atomic E-state index is 0.235. The Morgan fingerprint density at radius 3 is 2.81 bits per heavy atom. The van der Waals surface area contributed by atoms with E-state index in [0.29, 0.717) is 12.3 Å². The van der Waals surface area contributed by atoms with Gasteiger partial charge in [-0.15, -0.1) is 0 Å². The molecule has 1 atom stereocenters. The molecular formula is C16H32N4O. The van der Waals surface area contributed by atoms with Crippen LogP contribution in [0, 0.1) is 5.92 Å². The van der Waals surface area contributed by atoms with Crippen molar-refractivity contribution in [2.24, 2.45) is 5.92 Å². The number of piperazine rings is 1. The summed E-state index contributed by atoms with van der Waals surface area (Å²) in [5, 5.41) is 6.48. The molecule has 2 N–H and O–H groups in total. The van der Waals surface area contributed by atoms with Crippen molar-refractivity contribution in [1.29, 1.82) is 0 Å². The number of nitrogens with one attached hydrogen (secondary N) is 2. The quantitative estimate of drug-likeness (QED) is 0.673. The lowest BCUT2D eigenvalue weighted by Gasteiger charge is -2.32. The first-order chi connectivity index (χ1) is 10.2. The fourth-order valence-corrected chi connectivity index (χ4v) is 3.20. The SMILES string of the molecule is CN1CCN(CCCNC(=O)CCC2CCCNC2)CC1. The normalized spacial score (nSPS) is 24.9. The van der Waals surface area contributed by atoms with Crippen LogP contribution in [-0.2, 0) is 4.79 Å². The average Bonchev–Trinajstić information content (AvgIpc) is 2.52. The van der Waals surface area contributed by atoms with Crippen molar-refractivity contribution in [2.75, 3.05) is 59.4 Å². The molecule has 2 rings (SSSR count). The van der Waals surface area contributed by atoms with Gasteiger partial charge in [0.25, 0.3) is 0 Å². The first-order valence-corrected chi connectivity index (χ1v) is 8.62. The van der Waals surface area contributed by atoms with Gasteiger partial charge in [-0.25, -0.2) is 0 Å². The highest BCUT2D eigenvalue weighted by Gasteiger charge is 2.15. The van der Waals surface area contributed by atoms with Crippen molar-refractivity contribution >= 4 is 5.91 Å². The van der Waals surface area contributed by atoms with Crippen molar-refractivity contribution in [1.82, 2.24) is 20.4 Å². The van der Waals surface area contributed by atoms with Crippen molar-refractivity contribution in [3.63, 3.8) is 0 Å². The van der Waals surface area contributed by atoms with E-state index in [1.807, 2.05) is 0 Å². The highest BCUT2D eigenvalue weighted by Crippen LogP contribution is 2.15. The van der Waals surface area contributed by atoms with E-state index >= 15 is 0 Å². The number of hydrogen-bond acceptors (Lipinski definition) is 4. The monoisotopic (exact) mass is 296 g/mol. The molecule has 21 heavy (non-hydrogen) atoms. The van der Waals surface area contributed by atoms with Crippen LogP contribution >= 0.6 is 0 Å². The summed E-state index contributed by atoms with van der Waals surface area (Å²) in [5.41, 5.74) is 0. The van der Waals surface area contributed by atoms with Crippen LogP contribution in [0.25, 0.3) is 0 Å². The maximum atomic E-state index is 11.8. The smallest absolute Gasteiger partial charge is 0.220 e. The Morgan fingerprint density at radius 1 is 1.29 bits per heavy atom. The van der Waals surface area contributed by atoms with E-state index in [-0.39, 0.29) is 5.91 Å². The maximum absolute atomic E-state index is 11.8. The second-order valence-corrected chi connectivity index (χ2v) is 6.60. The molecule has 0 aromatic carbocycles. The Hall–Kier alpha value is -0.650. The van der Waals surface area contributed by atoms with Gasteiger partial charge in [-0.3, -0.25) is 4.79 Å². The molecule has 1 amide bonds. The lowest BCUT2D eigenvalue weighted by molar-refractivity contribution is -0.121. The zero-order chi connectivity index (χ0) is 14.9. The predicted octanol–water partition coefficient (Wildman–Crippen LogP) is 0.520. The number of rotatable bonds is 7. The van der Waals surface area contributed by atoms with Gasteiger partial charge in [-0.1, -0.05) is 0 Å². The van der Waals surface area contributed by atoms with Crippen LogP contribution in [0.1, 0.15) is 32.1 Å². The topological polar surface area (TPSA) is 47.6 Å². The zero-order valence-corrected chi connectivity index (χ0v) is 13.6. The van der Waals surface area contributed by atoms with Gasteiger partial charge in [0.2, 0.25) is 5.91 Å². The molecule has 2 fully saturated rings. The summed E-state index contributed by atoms with van der Waals surface area (Å²) in [6.07, 6.45) is 5.35. The summed E-state index contributed by atoms with van der Waals surface area (Å²) in [6, 6.07) is 0. The van der Waals surface area contributed by atoms with Gasteiger partial charge in [-0.2, -0.15) is 0 Å². The largest absolute Gasteiger partial charge is 0.356 e. The Balaban J connectivity index is 1.45. The molecule has 2 heterocycles. The summed E-state index contributed by atoms with van der Waals surface area (Å²) in [6.45, 7) is 8.85. The summed E-state index contributed by atoms with van der Waals surface area (Å²) in [7, 11) is 2.18. The first-order valence-electron chi connectivity index (χ1n) is 8.62. The van der Waals surface area contributed by atoms with E-state index < -0.39 is 0 Å².